The predicted molar refractivity (Wildman–Crippen MR) is 142 cm³/mol. The van der Waals surface area contributed by atoms with Gasteiger partial charge in [-0.15, -0.1) is 0 Å². The van der Waals surface area contributed by atoms with Crippen molar-refractivity contribution in [1.82, 2.24) is 9.97 Å². The van der Waals surface area contributed by atoms with E-state index in [0.717, 1.165) is 35.1 Å². The smallest absolute Gasteiger partial charge is 0.311 e. The SMILES string of the molecule is CC1(C(=O)O)CCCN(c2cccc(SNc3ccc(Cl)c(-c4ccccc4C4CCC4)n3)n2)C1. The summed E-state index contributed by atoms with van der Waals surface area (Å²) in [4.78, 5) is 23.4. The van der Waals surface area contributed by atoms with Crippen LogP contribution in [0.5, 0.6) is 0 Å². The van der Waals surface area contributed by atoms with E-state index in [4.69, 9.17) is 21.6 Å². The van der Waals surface area contributed by atoms with Crippen molar-refractivity contribution in [2.24, 2.45) is 5.41 Å². The molecule has 1 atom stereocenters. The second-order valence-electron chi connectivity index (χ2n) is 9.67. The van der Waals surface area contributed by atoms with Crippen LogP contribution < -0.4 is 9.62 Å². The van der Waals surface area contributed by atoms with Gasteiger partial charge < -0.3 is 14.7 Å². The lowest BCUT2D eigenvalue weighted by atomic mass is 9.78. The Bertz CT molecular complexity index is 1240. The molecule has 1 aromatic carbocycles. The first kappa shape index (κ1) is 23.9. The Labute approximate surface area is 215 Å². The van der Waals surface area contributed by atoms with E-state index in [1.807, 2.05) is 43.3 Å². The zero-order chi connectivity index (χ0) is 24.4. The van der Waals surface area contributed by atoms with Gasteiger partial charge >= 0.3 is 5.97 Å². The molecule has 8 heteroatoms. The van der Waals surface area contributed by atoms with Crippen LogP contribution in [-0.4, -0.2) is 34.1 Å². The Morgan fingerprint density at radius 3 is 2.71 bits per heavy atom. The summed E-state index contributed by atoms with van der Waals surface area (Å²) >= 11 is 7.97. The van der Waals surface area contributed by atoms with Crippen molar-refractivity contribution < 1.29 is 9.90 Å². The number of halogens is 1. The fraction of sp³-hybridized carbons (Fsp3) is 0.370. The van der Waals surface area contributed by atoms with Gasteiger partial charge in [-0.3, -0.25) is 4.79 Å². The van der Waals surface area contributed by atoms with E-state index in [0.29, 0.717) is 29.7 Å². The number of carboxylic acids is 1. The molecule has 0 spiro atoms. The second kappa shape index (κ2) is 10.1. The first-order valence-electron chi connectivity index (χ1n) is 12.1. The summed E-state index contributed by atoms with van der Waals surface area (Å²) < 4.78 is 3.31. The number of rotatable bonds is 7. The van der Waals surface area contributed by atoms with E-state index in [1.54, 1.807) is 0 Å². The van der Waals surface area contributed by atoms with Crippen LogP contribution in [0.25, 0.3) is 11.3 Å². The molecule has 1 aliphatic carbocycles. The van der Waals surface area contributed by atoms with E-state index in [2.05, 4.69) is 27.8 Å². The molecular formula is C27H29ClN4O2S. The largest absolute Gasteiger partial charge is 0.481 e. The number of benzene rings is 1. The van der Waals surface area contributed by atoms with Crippen LogP contribution >= 0.6 is 23.5 Å². The molecule has 0 radical (unpaired) electrons. The standard InChI is InChI=1S/C27H29ClN4O2S/c1-27(26(33)34)15-6-16-32(17-27)23-11-5-12-24(30-23)35-31-22-14-13-21(28)25(29-22)20-10-3-2-9-19(20)18-7-4-8-18/h2-3,5,9-14,18H,4,6-8,15-17H2,1H3,(H,29,31)(H,33,34). The van der Waals surface area contributed by atoms with Crippen LogP contribution in [0.2, 0.25) is 5.02 Å². The maximum atomic E-state index is 11.7. The molecule has 1 saturated carbocycles. The summed E-state index contributed by atoms with van der Waals surface area (Å²) in [6.45, 7) is 3.08. The van der Waals surface area contributed by atoms with Gasteiger partial charge in [0.05, 0.1) is 16.1 Å². The fourth-order valence-corrected chi connectivity index (χ4v) is 5.64. The molecule has 2 aromatic heterocycles. The van der Waals surface area contributed by atoms with E-state index in [9.17, 15) is 9.90 Å². The third-order valence-corrected chi connectivity index (χ3v) is 8.17. The van der Waals surface area contributed by atoms with Gasteiger partial charge in [0.15, 0.2) is 0 Å². The number of nitrogens with one attached hydrogen (secondary N) is 1. The third-order valence-electron chi connectivity index (χ3n) is 7.11. The van der Waals surface area contributed by atoms with Crippen LogP contribution in [0, 0.1) is 5.41 Å². The molecular weight excluding hydrogens is 480 g/mol. The molecule has 1 saturated heterocycles. The zero-order valence-corrected chi connectivity index (χ0v) is 21.3. The molecule has 2 fully saturated rings. The maximum absolute atomic E-state index is 11.7. The highest BCUT2D eigenvalue weighted by atomic mass is 35.5. The minimum atomic E-state index is -0.752. The normalized spacial score (nSPS) is 20.3. The van der Waals surface area contributed by atoms with E-state index in [-0.39, 0.29) is 0 Å². The van der Waals surface area contributed by atoms with Crippen LogP contribution in [-0.2, 0) is 4.79 Å². The average Bonchev–Trinajstić information content (AvgIpc) is 2.83. The van der Waals surface area contributed by atoms with Crippen molar-refractivity contribution in [3.05, 3.63) is 65.2 Å². The summed E-state index contributed by atoms with van der Waals surface area (Å²) in [5.41, 5.74) is 2.47. The Kier molecular flexibility index (Phi) is 6.89. The Morgan fingerprint density at radius 2 is 1.94 bits per heavy atom. The summed E-state index contributed by atoms with van der Waals surface area (Å²) in [6.07, 6.45) is 5.22. The number of aliphatic carboxylic acids is 1. The third kappa shape index (κ3) is 5.11. The number of hydrogen-bond acceptors (Lipinski definition) is 6. The molecule has 5 rings (SSSR count). The number of piperidine rings is 1. The van der Waals surface area contributed by atoms with Crippen LogP contribution in [0.3, 0.4) is 0 Å². The van der Waals surface area contributed by atoms with Crippen molar-refractivity contribution in [3.63, 3.8) is 0 Å². The molecule has 0 bridgehead atoms. The van der Waals surface area contributed by atoms with Crippen LogP contribution in [0.15, 0.2) is 59.6 Å². The van der Waals surface area contributed by atoms with Gasteiger partial charge in [0.1, 0.15) is 16.7 Å². The van der Waals surface area contributed by atoms with Gasteiger partial charge in [0, 0.05) is 30.6 Å². The molecule has 6 nitrogen and oxygen atoms in total. The lowest BCUT2D eigenvalue weighted by Crippen LogP contribution is -2.46. The van der Waals surface area contributed by atoms with Gasteiger partial charge in [-0.05, 0) is 68.4 Å². The number of nitrogens with zero attached hydrogens (tertiary/aromatic N) is 3. The van der Waals surface area contributed by atoms with Gasteiger partial charge in [0.25, 0.3) is 0 Å². The monoisotopic (exact) mass is 508 g/mol. The molecule has 182 valence electrons. The van der Waals surface area contributed by atoms with Crippen molar-refractivity contribution in [3.8, 4) is 11.3 Å². The number of carbonyl (C=O) groups is 1. The molecule has 2 N–H and O–H groups in total. The topological polar surface area (TPSA) is 78.4 Å². The molecule has 3 aromatic rings. The predicted octanol–water partition coefficient (Wildman–Crippen LogP) is 6.87. The Balaban J connectivity index is 1.32. The fourth-order valence-electron chi connectivity index (χ4n) is 4.83. The van der Waals surface area contributed by atoms with Gasteiger partial charge in [0.2, 0.25) is 0 Å². The molecule has 0 amide bonds. The minimum Gasteiger partial charge on any atom is -0.481 e. The van der Waals surface area contributed by atoms with E-state index in [1.165, 1.54) is 36.8 Å². The summed E-state index contributed by atoms with van der Waals surface area (Å²) in [7, 11) is 0. The summed E-state index contributed by atoms with van der Waals surface area (Å²) in [6, 6.07) is 18.0. The molecule has 1 unspecified atom stereocenters. The number of hydrogen-bond donors (Lipinski definition) is 2. The van der Waals surface area contributed by atoms with Crippen molar-refractivity contribution in [2.45, 2.75) is 50.0 Å². The van der Waals surface area contributed by atoms with Crippen molar-refractivity contribution >= 4 is 41.2 Å². The van der Waals surface area contributed by atoms with Gasteiger partial charge in [-0.25, -0.2) is 9.97 Å². The zero-order valence-electron chi connectivity index (χ0n) is 19.7. The average molecular weight is 509 g/mol. The lowest BCUT2D eigenvalue weighted by Gasteiger charge is -2.38. The van der Waals surface area contributed by atoms with Gasteiger partial charge in [-0.1, -0.05) is 48.4 Å². The summed E-state index contributed by atoms with van der Waals surface area (Å²) in [5.74, 6) is 1.34. The highest BCUT2D eigenvalue weighted by molar-refractivity contribution is 8.00. The van der Waals surface area contributed by atoms with Gasteiger partial charge in [-0.2, -0.15) is 0 Å². The Morgan fingerprint density at radius 1 is 1.11 bits per heavy atom. The van der Waals surface area contributed by atoms with E-state index < -0.39 is 11.4 Å². The molecule has 2 aliphatic rings. The van der Waals surface area contributed by atoms with E-state index >= 15 is 0 Å². The van der Waals surface area contributed by atoms with Crippen molar-refractivity contribution in [1.29, 1.82) is 0 Å². The van der Waals surface area contributed by atoms with Crippen molar-refractivity contribution in [2.75, 3.05) is 22.7 Å². The van der Waals surface area contributed by atoms with Crippen LogP contribution in [0.4, 0.5) is 11.6 Å². The number of aromatic nitrogens is 2. The Hall–Kier alpha value is -2.77. The quantitative estimate of drug-likeness (QED) is 0.337. The number of carboxylic acid groups (broad SMARTS) is 1. The highest BCUT2D eigenvalue weighted by Crippen LogP contribution is 2.42. The minimum absolute atomic E-state index is 0.458. The molecule has 1 aliphatic heterocycles. The number of anilines is 2. The maximum Gasteiger partial charge on any atom is 0.311 e. The first-order chi connectivity index (χ1) is 16.9. The van der Waals surface area contributed by atoms with Crippen LogP contribution in [0.1, 0.15) is 50.5 Å². The lowest BCUT2D eigenvalue weighted by molar-refractivity contribution is -0.148. The molecule has 35 heavy (non-hydrogen) atoms. The second-order valence-corrected chi connectivity index (χ2v) is 10.9. The molecule has 3 heterocycles. The number of pyridine rings is 2. The summed E-state index contributed by atoms with van der Waals surface area (Å²) in [5, 5.41) is 11.1. The first-order valence-corrected chi connectivity index (χ1v) is 13.3. The highest BCUT2D eigenvalue weighted by Gasteiger charge is 2.38.